The van der Waals surface area contributed by atoms with Gasteiger partial charge in [-0.3, -0.25) is 0 Å². The normalized spacial score (nSPS) is 20.0. The first kappa shape index (κ1) is 25.7. The number of benzene rings is 3. The van der Waals surface area contributed by atoms with E-state index in [1.165, 1.54) is 38.6 Å². The third-order valence-electron chi connectivity index (χ3n) is 8.78. The second kappa shape index (κ2) is 11.3. The van der Waals surface area contributed by atoms with Crippen molar-refractivity contribution in [2.45, 2.75) is 71.4 Å². The molecule has 0 amide bonds. The highest BCUT2D eigenvalue weighted by atomic mass is 16.5. The first-order valence-corrected chi connectivity index (χ1v) is 14.8. The van der Waals surface area contributed by atoms with Crippen molar-refractivity contribution in [3.05, 3.63) is 107 Å². The maximum atomic E-state index is 8.44. The van der Waals surface area contributed by atoms with Crippen LogP contribution in [0, 0.1) is 17.2 Å². The summed E-state index contributed by atoms with van der Waals surface area (Å²) >= 11 is 0. The van der Waals surface area contributed by atoms with Crippen molar-refractivity contribution in [1.82, 2.24) is 4.57 Å². The van der Waals surface area contributed by atoms with Gasteiger partial charge < -0.3 is 14.7 Å². The van der Waals surface area contributed by atoms with E-state index in [9.17, 15) is 0 Å². The predicted octanol–water partition coefficient (Wildman–Crippen LogP) is 9.18. The Labute approximate surface area is 233 Å². The summed E-state index contributed by atoms with van der Waals surface area (Å²) < 4.78 is 8.59. The van der Waals surface area contributed by atoms with E-state index in [1.807, 2.05) is 6.07 Å². The van der Waals surface area contributed by atoms with Crippen LogP contribution in [0.25, 0.3) is 16.8 Å². The molecular weight excluding hydrogens is 476 g/mol. The van der Waals surface area contributed by atoms with E-state index >= 15 is 0 Å². The number of fused-ring (bicyclic) bond motifs is 5. The van der Waals surface area contributed by atoms with Crippen LogP contribution in [0.2, 0.25) is 0 Å². The van der Waals surface area contributed by atoms with Crippen LogP contribution in [-0.2, 0) is 19.4 Å². The van der Waals surface area contributed by atoms with Crippen LogP contribution in [-0.4, -0.2) is 10.3 Å². The van der Waals surface area contributed by atoms with Gasteiger partial charge in [0.25, 0.3) is 0 Å². The molecule has 3 aromatic carbocycles. The Morgan fingerprint density at radius 2 is 1.79 bits per heavy atom. The maximum absolute atomic E-state index is 8.44. The smallest absolute Gasteiger partial charge is 0.137 e. The quantitative estimate of drug-likeness (QED) is 0.221. The van der Waals surface area contributed by atoms with Gasteiger partial charge in [0, 0.05) is 18.1 Å². The minimum atomic E-state index is 0.261. The molecule has 0 bridgehead atoms. The van der Waals surface area contributed by atoms with E-state index in [1.54, 1.807) is 0 Å². The predicted molar refractivity (Wildman–Crippen MR) is 163 cm³/mol. The van der Waals surface area contributed by atoms with Crippen LogP contribution < -0.4 is 4.74 Å². The Hall–Kier alpha value is -3.59. The van der Waals surface area contributed by atoms with Crippen LogP contribution >= 0.6 is 0 Å². The van der Waals surface area contributed by atoms with Gasteiger partial charge in [-0.05, 0) is 95.0 Å². The Bertz CT molecular complexity index is 1500. The SMILES string of the molecule is CCCC(=N)CCC1CCc2c(ccc3c4c(ccc23)C=CC(C)C4)C1n1ccc(OCc2ccccc2)c1. The summed E-state index contributed by atoms with van der Waals surface area (Å²) in [5, 5.41) is 11.3. The lowest BCUT2D eigenvalue weighted by Crippen LogP contribution is -2.26. The number of hydrogen-bond acceptors (Lipinski definition) is 2. The third-order valence-corrected chi connectivity index (χ3v) is 8.78. The molecule has 0 radical (unpaired) electrons. The molecular formula is C36H40N2O. The number of rotatable bonds is 9. The third kappa shape index (κ3) is 5.32. The van der Waals surface area contributed by atoms with E-state index in [0.717, 1.165) is 56.4 Å². The van der Waals surface area contributed by atoms with E-state index in [0.29, 0.717) is 18.4 Å². The highest BCUT2D eigenvalue weighted by molar-refractivity contribution is 5.93. The van der Waals surface area contributed by atoms with Crippen molar-refractivity contribution in [2.75, 3.05) is 0 Å². The zero-order chi connectivity index (χ0) is 26.8. The minimum Gasteiger partial charge on any atom is -0.487 e. The molecule has 2 aliphatic rings. The van der Waals surface area contributed by atoms with E-state index < -0.39 is 0 Å². The zero-order valence-electron chi connectivity index (χ0n) is 23.3. The summed E-state index contributed by atoms with van der Waals surface area (Å²) in [6.45, 7) is 5.06. The maximum Gasteiger partial charge on any atom is 0.137 e. The van der Waals surface area contributed by atoms with Gasteiger partial charge in [0.05, 0.1) is 6.04 Å². The molecule has 1 heterocycles. The van der Waals surface area contributed by atoms with Gasteiger partial charge in [-0.2, -0.15) is 0 Å². The monoisotopic (exact) mass is 516 g/mol. The molecule has 3 unspecified atom stereocenters. The number of allylic oxidation sites excluding steroid dienone is 1. The average Bonchev–Trinajstić information content (AvgIpc) is 3.43. The van der Waals surface area contributed by atoms with Gasteiger partial charge >= 0.3 is 0 Å². The molecule has 3 atom stereocenters. The summed E-state index contributed by atoms with van der Waals surface area (Å²) in [7, 11) is 0. The molecule has 0 spiro atoms. The Morgan fingerprint density at radius 3 is 2.64 bits per heavy atom. The zero-order valence-corrected chi connectivity index (χ0v) is 23.3. The largest absolute Gasteiger partial charge is 0.487 e. The minimum absolute atomic E-state index is 0.261. The summed E-state index contributed by atoms with van der Waals surface area (Å²) in [6.07, 6.45) is 16.4. The first-order chi connectivity index (χ1) is 19.1. The Morgan fingerprint density at radius 1 is 0.974 bits per heavy atom. The molecule has 3 heteroatoms. The molecule has 0 fully saturated rings. The number of ether oxygens (including phenoxy) is 1. The van der Waals surface area contributed by atoms with Crippen molar-refractivity contribution >= 4 is 22.6 Å². The highest BCUT2D eigenvalue weighted by Gasteiger charge is 2.32. The lowest BCUT2D eigenvalue weighted by Gasteiger charge is -2.36. The fourth-order valence-electron chi connectivity index (χ4n) is 6.79. The molecule has 0 saturated carbocycles. The molecule has 1 N–H and O–H groups in total. The topological polar surface area (TPSA) is 38.0 Å². The molecule has 0 aliphatic heterocycles. The first-order valence-electron chi connectivity index (χ1n) is 14.8. The van der Waals surface area contributed by atoms with Crippen LogP contribution in [0.3, 0.4) is 0 Å². The number of aryl methyl sites for hydroxylation is 1. The van der Waals surface area contributed by atoms with Crippen LogP contribution in [0.15, 0.2) is 79.1 Å². The van der Waals surface area contributed by atoms with Crippen molar-refractivity contribution in [3.63, 3.8) is 0 Å². The molecule has 0 saturated heterocycles. The fraction of sp³-hybridized carbons (Fsp3) is 0.361. The van der Waals surface area contributed by atoms with Gasteiger partial charge in [-0.1, -0.05) is 87.0 Å². The number of nitrogens with zero attached hydrogens (tertiary/aromatic N) is 1. The molecule has 39 heavy (non-hydrogen) atoms. The van der Waals surface area contributed by atoms with Gasteiger partial charge in [0.1, 0.15) is 12.4 Å². The van der Waals surface area contributed by atoms with E-state index in [4.69, 9.17) is 10.1 Å². The molecule has 1 aromatic heterocycles. The molecule has 2 aliphatic carbocycles. The van der Waals surface area contributed by atoms with Crippen LogP contribution in [0.4, 0.5) is 0 Å². The standard InChI is InChI=1S/C36H40N2O/c1-3-7-29(37)15-12-28-14-17-32-31-16-13-27-11-10-25(2)22-35(27)33(31)18-19-34(32)36(28)38-21-20-30(23-38)39-24-26-8-5-4-6-9-26/h4-6,8-11,13,16,18-21,23,25,28,36-37H,3,7,12,14-15,17,22,24H2,1-2H3. The fourth-order valence-corrected chi connectivity index (χ4v) is 6.79. The van der Waals surface area contributed by atoms with E-state index in [-0.39, 0.29) is 6.04 Å². The van der Waals surface area contributed by atoms with Crippen LogP contribution in [0.5, 0.6) is 5.75 Å². The number of aromatic nitrogens is 1. The lowest BCUT2D eigenvalue weighted by molar-refractivity contribution is 0.298. The Balaban J connectivity index is 1.35. The van der Waals surface area contributed by atoms with Gasteiger partial charge in [0.2, 0.25) is 0 Å². The molecule has 4 aromatic rings. The molecule has 3 nitrogen and oxygen atoms in total. The second-order valence-electron chi connectivity index (χ2n) is 11.6. The van der Waals surface area contributed by atoms with Crippen molar-refractivity contribution in [2.24, 2.45) is 11.8 Å². The van der Waals surface area contributed by atoms with Crippen molar-refractivity contribution < 1.29 is 4.74 Å². The van der Waals surface area contributed by atoms with Crippen molar-refractivity contribution in [1.29, 1.82) is 5.41 Å². The average molecular weight is 517 g/mol. The van der Waals surface area contributed by atoms with Crippen LogP contribution in [0.1, 0.15) is 79.8 Å². The highest BCUT2D eigenvalue weighted by Crippen LogP contribution is 2.44. The lowest BCUT2D eigenvalue weighted by atomic mass is 9.74. The number of hydrogen-bond donors (Lipinski definition) is 1. The summed E-state index contributed by atoms with van der Waals surface area (Å²) in [4.78, 5) is 0. The van der Waals surface area contributed by atoms with Gasteiger partial charge in [-0.25, -0.2) is 0 Å². The second-order valence-corrected chi connectivity index (χ2v) is 11.6. The molecule has 200 valence electrons. The van der Waals surface area contributed by atoms with Gasteiger partial charge in [-0.15, -0.1) is 0 Å². The summed E-state index contributed by atoms with van der Waals surface area (Å²) in [6, 6.07) is 22.2. The van der Waals surface area contributed by atoms with Gasteiger partial charge in [0.15, 0.2) is 0 Å². The summed E-state index contributed by atoms with van der Waals surface area (Å²) in [5.41, 5.74) is 7.93. The van der Waals surface area contributed by atoms with E-state index in [2.05, 4.69) is 97.6 Å². The summed E-state index contributed by atoms with van der Waals surface area (Å²) in [5.74, 6) is 2.00. The Kier molecular flexibility index (Phi) is 7.41. The van der Waals surface area contributed by atoms with Crippen molar-refractivity contribution in [3.8, 4) is 5.75 Å². The number of nitrogens with one attached hydrogen (secondary N) is 1. The molecule has 6 rings (SSSR count).